The summed E-state index contributed by atoms with van der Waals surface area (Å²) in [4.78, 5) is 23.1. The second-order valence-corrected chi connectivity index (χ2v) is 10.7. The number of carboxylic acid groups (broad SMARTS) is 1. The Morgan fingerprint density at radius 2 is 1.97 bits per heavy atom. The number of hydrogen-bond donors (Lipinski definition) is 1. The normalized spacial score (nSPS) is 49.6. The van der Waals surface area contributed by atoms with Crippen LogP contribution in [0, 0.1) is 40.4 Å². The summed E-state index contributed by atoms with van der Waals surface area (Å²) in [5, 5.41) is 23.0. The average Bonchev–Trinajstić information content (AvgIpc) is 2.74. The largest absolute Gasteiger partial charge is 1.00 e. The van der Waals surface area contributed by atoms with Crippen LogP contribution in [0.15, 0.2) is 23.8 Å². The number of aliphatic hydroxyl groups is 1. The van der Waals surface area contributed by atoms with E-state index in [4.69, 9.17) is 0 Å². The number of fused-ring (bicyclic) bond motifs is 7. The predicted octanol–water partition coefficient (Wildman–Crippen LogP) is -0.194. The maximum Gasteiger partial charge on any atom is 1.00 e. The first kappa shape index (κ1) is 22.4. The van der Waals surface area contributed by atoms with Gasteiger partial charge in [-0.25, -0.2) is 0 Å². The molecule has 3 unspecified atom stereocenters. The second-order valence-electron chi connectivity index (χ2n) is 10.7. The van der Waals surface area contributed by atoms with E-state index in [9.17, 15) is 19.8 Å². The van der Waals surface area contributed by atoms with Crippen LogP contribution in [0.5, 0.6) is 0 Å². The number of carboxylic acids is 1. The van der Waals surface area contributed by atoms with Gasteiger partial charge >= 0.3 is 51.4 Å². The minimum Gasteiger partial charge on any atom is -0.550 e. The summed E-state index contributed by atoms with van der Waals surface area (Å²) in [5.41, 5.74) is 0.129. The quantitative estimate of drug-likeness (QED) is 0.640. The third-order valence-corrected chi connectivity index (χ3v) is 9.87. The van der Waals surface area contributed by atoms with Crippen molar-refractivity contribution in [2.24, 2.45) is 40.4 Å². The first-order valence-electron chi connectivity index (χ1n) is 11.1. The van der Waals surface area contributed by atoms with Crippen molar-refractivity contribution < 1.29 is 71.2 Å². The molecule has 0 radical (unpaired) electrons. The Hall–Kier alpha value is 0.216. The zero-order chi connectivity index (χ0) is 19.9. The topological polar surface area (TPSA) is 77.4 Å². The standard InChI is InChI=1S/C24H32O4.K/c1-22-10-7-15(25)13-14(22)3-4-16-18(22)8-11-23(2)21(16)17-5-6-19(17)24(23,28)12-9-20(26)27;/h3-4,13,16-19,21,28H,5-12H2,1-2H3,(H,26,27);/q;+1/p-1/t16?,17-,18?,19+,21?,22-,23-,24-;/m0./s1. The van der Waals surface area contributed by atoms with Crippen LogP contribution in [-0.4, -0.2) is 22.5 Å². The third kappa shape index (κ3) is 2.94. The number of hydrogen-bond acceptors (Lipinski definition) is 4. The van der Waals surface area contributed by atoms with Gasteiger partial charge in [-0.2, -0.15) is 0 Å². The summed E-state index contributed by atoms with van der Waals surface area (Å²) >= 11 is 0. The van der Waals surface area contributed by atoms with Crippen molar-refractivity contribution in [3.8, 4) is 0 Å². The van der Waals surface area contributed by atoms with E-state index in [1.165, 1.54) is 5.57 Å². The van der Waals surface area contributed by atoms with Gasteiger partial charge in [-0.3, -0.25) is 4.79 Å². The van der Waals surface area contributed by atoms with Crippen LogP contribution in [0.2, 0.25) is 0 Å². The molecule has 0 heterocycles. The van der Waals surface area contributed by atoms with E-state index < -0.39 is 11.6 Å². The Balaban J connectivity index is 0.00000205. The number of aliphatic carboxylic acids is 1. The van der Waals surface area contributed by atoms with Crippen LogP contribution in [0.4, 0.5) is 0 Å². The Morgan fingerprint density at radius 3 is 2.62 bits per heavy atom. The molecule has 5 heteroatoms. The molecule has 0 spiro atoms. The molecule has 5 rings (SSSR count). The van der Waals surface area contributed by atoms with E-state index in [0.29, 0.717) is 36.5 Å². The van der Waals surface area contributed by atoms with Crippen LogP contribution in [-0.2, 0) is 9.59 Å². The molecule has 0 aromatic heterocycles. The van der Waals surface area contributed by atoms with Gasteiger partial charge in [0.1, 0.15) is 0 Å². The fraction of sp³-hybridized carbons (Fsp3) is 0.750. The third-order valence-electron chi connectivity index (χ3n) is 9.87. The van der Waals surface area contributed by atoms with Gasteiger partial charge in [0.2, 0.25) is 0 Å². The van der Waals surface area contributed by atoms with E-state index >= 15 is 0 Å². The van der Waals surface area contributed by atoms with Crippen molar-refractivity contribution >= 4 is 11.8 Å². The first-order valence-corrected chi connectivity index (χ1v) is 11.1. The molecule has 0 aromatic carbocycles. The van der Waals surface area contributed by atoms with Crippen molar-refractivity contribution in [2.75, 3.05) is 0 Å². The Morgan fingerprint density at radius 1 is 1.21 bits per heavy atom. The van der Waals surface area contributed by atoms with Gasteiger partial charge in [-0.15, -0.1) is 0 Å². The molecule has 152 valence electrons. The van der Waals surface area contributed by atoms with Gasteiger partial charge in [-0.05, 0) is 91.6 Å². The van der Waals surface area contributed by atoms with Crippen LogP contribution in [0.1, 0.15) is 65.2 Å². The zero-order valence-corrected chi connectivity index (χ0v) is 21.1. The smallest absolute Gasteiger partial charge is 0.550 e. The molecular weight excluding hydrogens is 391 g/mol. The molecule has 4 nitrogen and oxygen atoms in total. The van der Waals surface area contributed by atoms with Crippen LogP contribution < -0.4 is 56.5 Å². The summed E-state index contributed by atoms with van der Waals surface area (Å²) in [7, 11) is 0. The monoisotopic (exact) mass is 422 g/mol. The Kier molecular flexibility index (Phi) is 5.70. The number of carbonyl (C=O) groups excluding carboxylic acids is 2. The van der Waals surface area contributed by atoms with Gasteiger partial charge in [0.15, 0.2) is 5.78 Å². The Bertz CT molecular complexity index is 803. The molecule has 0 bridgehead atoms. The van der Waals surface area contributed by atoms with E-state index in [1.807, 2.05) is 6.08 Å². The molecule has 3 saturated carbocycles. The van der Waals surface area contributed by atoms with Crippen molar-refractivity contribution in [3.05, 3.63) is 23.8 Å². The molecule has 8 atom stereocenters. The molecule has 0 aromatic rings. The fourth-order valence-corrected chi connectivity index (χ4v) is 8.28. The van der Waals surface area contributed by atoms with E-state index in [1.54, 1.807) is 0 Å². The minimum absolute atomic E-state index is 0. The fourth-order valence-electron chi connectivity index (χ4n) is 8.28. The van der Waals surface area contributed by atoms with Gasteiger partial charge in [-0.1, -0.05) is 26.0 Å². The molecule has 0 aliphatic heterocycles. The van der Waals surface area contributed by atoms with Crippen molar-refractivity contribution in [2.45, 2.75) is 70.8 Å². The van der Waals surface area contributed by atoms with Gasteiger partial charge in [0.25, 0.3) is 0 Å². The summed E-state index contributed by atoms with van der Waals surface area (Å²) in [6, 6.07) is 0. The van der Waals surface area contributed by atoms with Gasteiger partial charge in [0, 0.05) is 17.8 Å². The van der Waals surface area contributed by atoms with Crippen molar-refractivity contribution in [3.63, 3.8) is 0 Å². The molecule has 29 heavy (non-hydrogen) atoms. The van der Waals surface area contributed by atoms with Gasteiger partial charge in [0.05, 0.1) is 5.60 Å². The molecule has 3 fully saturated rings. The molecule has 0 saturated heterocycles. The molecule has 5 aliphatic carbocycles. The molecule has 1 N–H and O–H groups in total. The number of rotatable bonds is 3. The summed E-state index contributed by atoms with van der Waals surface area (Å²) < 4.78 is 0. The maximum absolute atomic E-state index is 12.0. The SMILES string of the molecule is C[C@]12CCC(=O)C=C1C=CC1C2CC[C@@]2(C)C1[C@H]1CC[C@H]1[C@@]2(O)CCC(=O)[O-].[K+]. The summed E-state index contributed by atoms with van der Waals surface area (Å²) in [6.07, 6.45) is 12.4. The van der Waals surface area contributed by atoms with Crippen LogP contribution in [0.25, 0.3) is 0 Å². The van der Waals surface area contributed by atoms with E-state index in [2.05, 4.69) is 26.0 Å². The summed E-state index contributed by atoms with van der Waals surface area (Å²) in [5.74, 6) is 1.24. The van der Waals surface area contributed by atoms with E-state index in [-0.39, 0.29) is 80.3 Å². The number of carbonyl (C=O) groups is 2. The van der Waals surface area contributed by atoms with Crippen molar-refractivity contribution in [1.29, 1.82) is 0 Å². The Labute approximate surface area is 216 Å². The molecule has 0 amide bonds. The van der Waals surface area contributed by atoms with Crippen LogP contribution >= 0.6 is 0 Å². The summed E-state index contributed by atoms with van der Waals surface area (Å²) in [6.45, 7) is 4.57. The average molecular weight is 423 g/mol. The number of ketones is 1. The predicted molar refractivity (Wildman–Crippen MR) is 103 cm³/mol. The zero-order valence-electron chi connectivity index (χ0n) is 17.9. The number of allylic oxidation sites excluding steroid dienone is 4. The van der Waals surface area contributed by atoms with E-state index in [0.717, 1.165) is 32.1 Å². The maximum atomic E-state index is 12.0. The van der Waals surface area contributed by atoms with Crippen LogP contribution in [0.3, 0.4) is 0 Å². The van der Waals surface area contributed by atoms with Crippen molar-refractivity contribution in [1.82, 2.24) is 0 Å². The molecular formula is C24H31KO4. The molecule has 5 aliphatic rings. The minimum atomic E-state index is -1.06. The van der Waals surface area contributed by atoms with Gasteiger partial charge < -0.3 is 15.0 Å². The second kappa shape index (κ2) is 7.38. The first-order chi connectivity index (χ1) is 13.2.